The SMILES string of the molecule is Cc1ccc2c(NC(=O)c3ccc(NC(=O)NC4CC4)cc3)c(C(=O)O)sc2n1. The van der Waals surface area contributed by atoms with Crippen LogP contribution in [0.1, 0.15) is 38.6 Å². The van der Waals surface area contributed by atoms with Crippen LogP contribution in [0.2, 0.25) is 0 Å². The van der Waals surface area contributed by atoms with E-state index in [2.05, 4.69) is 20.9 Å². The van der Waals surface area contributed by atoms with Crippen LogP contribution >= 0.6 is 11.3 Å². The molecule has 0 saturated heterocycles. The van der Waals surface area contributed by atoms with E-state index in [0.29, 0.717) is 21.5 Å². The highest BCUT2D eigenvalue weighted by Gasteiger charge is 2.23. The van der Waals surface area contributed by atoms with E-state index in [1.165, 1.54) is 0 Å². The third kappa shape index (κ3) is 4.19. The predicted molar refractivity (Wildman–Crippen MR) is 111 cm³/mol. The second kappa shape index (κ2) is 7.51. The number of carboxylic acids is 1. The minimum atomic E-state index is -1.12. The first-order valence-electron chi connectivity index (χ1n) is 9.03. The number of thiophene rings is 1. The molecule has 4 N–H and O–H groups in total. The number of aryl methyl sites for hydroxylation is 1. The fourth-order valence-electron chi connectivity index (χ4n) is 2.82. The molecule has 29 heavy (non-hydrogen) atoms. The van der Waals surface area contributed by atoms with Crippen LogP contribution in [0.3, 0.4) is 0 Å². The minimum absolute atomic E-state index is 0.0292. The van der Waals surface area contributed by atoms with Gasteiger partial charge in [0, 0.05) is 28.4 Å². The van der Waals surface area contributed by atoms with Gasteiger partial charge in [0.1, 0.15) is 9.71 Å². The number of pyridine rings is 1. The number of carbonyl (C=O) groups is 3. The number of nitrogens with zero attached hydrogens (tertiary/aromatic N) is 1. The first-order valence-corrected chi connectivity index (χ1v) is 9.85. The van der Waals surface area contributed by atoms with Crippen molar-refractivity contribution >= 4 is 50.8 Å². The van der Waals surface area contributed by atoms with Crippen molar-refractivity contribution in [2.75, 3.05) is 10.6 Å². The fourth-order valence-corrected chi connectivity index (χ4v) is 3.83. The third-order valence-corrected chi connectivity index (χ3v) is 5.53. The van der Waals surface area contributed by atoms with Gasteiger partial charge in [0.15, 0.2) is 0 Å². The molecule has 0 spiro atoms. The number of rotatable bonds is 5. The molecule has 3 aromatic rings. The molecular formula is C20H18N4O4S. The summed E-state index contributed by atoms with van der Waals surface area (Å²) in [6, 6.07) is 9.88. The zero-order valence-corrected chi connectivity index (χ0v) is 16.3. The lowest BCUT2D eigenvalue weighted by Crippen LogP contribution is -2.30. The Morgan fingerprint density at radius 2 is 1.79 bits per heavy atom. The van der Waals surface area contributed by atoms with Crippen molar-refractivity contribution in [1.82, 2.24) is 10.3 Å². The quantitative estimate of drug-likeness (QED) is 0.509. The van der Waals surface area contributed by atoms with Crippen LogP contribution in [0.4, 0.5) is 16.2 Å². The van der Waals surface area contributed by atoms with Crippen LogP contribution in [-0.2, 0) is 0 Å². The second-order valence-electron chi connectivity index (χ2n) is 6.82. The van der Waals surface area contributed by atoms with E-state index in [1.54, 1.807) is 36.4 Å². The van der Waals surface area contributed by atoms with Crippen LogP contribution in [0.25, 0.3) is 10.2 Å². The average Bonchev–Trinajstić information content (AvgIpc) is 3.42. The Morgan fingerprint density at radius 3 is 2.45 bits per heavy atom. The van der Waals surface area contributed by atoms with Gasteiger partial charge < -0.3 is 21.1 Å². The first kappa shape index (κ1) is 18.9. The highest BCUT2D eigenvalue weighted by molar-refractivity contribution is 7.21. The number of carboxylic acid groups (broad SMARTS) is 1. The predicted octanol–water partition coefficient (Wildman–Crippen LogP) is 3.84. The topological polar surface area (TPSA) is 120 Å². The summed E-state index contributed by atoms with van der Waals surface area (Å²) in [6.45, 7) is 1.82. The molecular weight excluding hydrogens is 392 g/mol. The second-order valence-corrected chi connectivity index (χ2v) is 7.82. The van der Waals surface area contributed by atoms with Crippen molar-refractivity contribution in [2.45, 2.75) is 25.8 Å². The Hall–Kier alpha value is -3.46. The van der Waals surface area contributed by atoms with Gasteiger partial charge in [-0.05, 0) is 56.2 Å². The molecule has 0 atom stereocenters. The number of benzene rings is 1. The number of anilines is 2. The molecule has 1 fully saturated rings. The standard InChI is InChI=1S/C20H18N4O4S/c1-10-2-9-14-15(16(19(26)27)29-18(14)21-10)24-17(25)11-3-5-12(6-4-11)22-20(28)23-13-7-8-13/h2-6,9,13H,7-8H2,1H3,(H,24,25)(H,26,27)(H2,22,23,28). The molecule has 0 aliphatic heterocycles. The maximum atomic E-state index is 12.7. The number of aromatic nitrogens is 1. The molecule has 1 aliphatic rings. The number of amides is 3. The lowest BCUT2D eigenvalue weighted by atomic mass is 10.1. The van der Waals surface area contributed by atoms with Gasteiger partial charge in [-0.2, -0.15) is 0 Å². The third-order valence-electron chi connectivity index (χ3n) is 4.44. The van der Waals surface area contributed by atoms with Gasteiger partial charge in [0.2, 0.25) is 0 Å². The molecule has 1 saturated carbocycles. The van der Waals surface area contributed by atoms with Crippen molar-refractivity contribution in [1.29, 1.82) is 0 Å². The summed E-state index contributed by atoms with van der Waals surface area (Å²) in [5, 5.41) is 18.3. The maximum Gasteiger partial charge on any atom is 0.348 e. The number of carbonyl (C=O) groups excluding carboxylic acids is 2. The summed E-state index contributed by atoms with van der Waals surface area (Å²) in [7, 11) is 0. The molecule has 9 heteroatoms. The van der Waals surface area contributed by atoms with Crippen molar-refractivity contribution in [2.24, 2.45) is 0 Å². The van der Waals surface area contributed by atoms with Gasteiger partial charge in [-0.1, -0.05) is 0 Å². The van der Waals surface area contributed by atoms with Crippen LogP contribution in [0.15, 0.2) is 36.4 Å². The largest absolute Gasteiger partial charge is 0.477 e. The normalized spacial score (nSPS) is 13.1. The summed E-state index contributed by atoms with van der Waals surface area (Å²) in [5.74, 6) is -1.57. The van der Waals surface area contributed by atoms with Crippen LogP contribution in [-0.4, -0.2) is 34.0 Å². The van der Waals surface area contributed by atoms with E-state index in [4.69, 9.17) is 0 Å². The minimum Gasteiger partial charge on any atom is -0.477 e. The van der Waals surface area contributed by atoms with E-state index in [-0.39, 0.29) is 22.6 Å². The molecule has 2 heterocycles. The Labute approximate surface area is 170 Å². The van der Waals surface area contributed by atoms with E-state index in [1.807, 2.05) is 6.92 Å². The van der Waals surface area contributed by atoms with Gasteiger partial charge in [0.05, 0.1) is 5.69 Å². The Balaban J connectivity index is 1.52. The number of hydrogen-bond acceptors (Lipinski definition) is 5. The molecule has 1 aliphatic carbocycles. The van der Waals surface area contributed by atoms with E-state index >= 15 is 0 Å². The van der Waals surface area contributed by atoms with Crippen LogP contribution in [0, 0.1) is 6.92 Å². The molecule has 0 radical (unpaired) electrons. The Morgan fingerprint density at radius 1 is 1.07 bits per heavy atom. The van der Waals surface area contributed by atoms with E-state index < -0.39 is 11.9 Å². The van der Waals surface area contributed by atoms with Crippen molar-refractivity contribution < 1.29 is 19.5 Å². The number of aromatic carboxylic acids is 1. The van der Waals surface area contributed by atoms with Gasteiger partial charge in [0.25, 0.3) is 5.91 Å². The molecule has 1 aromatic carbocycles. The highest BCUT2D eigenvalue weighted by Crippen LogP contribution is 2.35. The summed E-state index contributed by atoms with van der Waals surface area (Å²) in [5.41, 5.74) is 1.91. The Bertz CT molecular complexity index is 1120. The smallest absolute Gasteiger partial charge is 0.348 e. The van der Waals surface area contributed by atoms with Crippen molar-refractivity contribution in [3.63, 3.8) is 0 Å². The zero-order chi connectivity index (χ0) is 20.5. The number of nitrogens with one attached hydrogen (secondary N) is 3. The van der Waals surface area contributed by atoms with E-state index in [0.717, 1.165) is 29.9 Å². The molecule has 0 unspecified atom stereocenters. The monoisotopic (exact) mass is 410 g/mol. The highest BCUT2D eigenvalue weighted by atomic mass is 32.1. The number of fused-ring (bicyclic) bond motifs is 1. The summed E-state index contributed by atoms with van der Waals surface area (Å²) >= 11 is 1.02. The average molecular weight is 410 g/mol. The zero-order valence-electron chi connectivity index (χ0n) is 15.5. The van der Waals surface area contributed by atoms with Crippen LogP contribution < -0.4 is 16.0 Å². The lowest BCUT2D eigenvalue weighted by Gasteiger charge is -2.08. The lowest BCUT2D eigenvalue weighted by molar-refractivity contribution is 0.0703. The molecule has 0 bridgehead atoms. The maximum absolute atomic E-state index is 12.7. The molecule has 8 nitrogen and oxygen atoms in total. The summed E-state index contributed by atoms with van der Waals surface area (Å²) < 4.78 is 0. The van der Waals surface area contributed by atoms with Gasteiger partial charge >= 0.3 is 12.0 Å². The van der Waals surface area contributed by atoms with Gasteiger partial charge in [-0.25, -0.2) is 14.6 Å². The number of urea groups is 1. The molecule has 2 aromatic heterocycles. The van der Waals surface area contributed by atoms with Gasteiger partial charge in [-0.15, -0.1) is 11.3 Å². The Kier molecular flexibility index (Phi) is 4.89. The van der Waals surface area contributed by atoms with Gasteiger partial charge in [-0.3, -0.25) is 4.79 Å². The van der Waals surface area contributed by atoms with Crippen LogP contribution in [0.5, 0.6) is 0 Å². The molecule has 148 valence electrons. The first-order chi connectivity index (χ1) is 13.9. The number of hydrogen-bond donors (Lipinski definition) is 4. The van der Waals surface area contributed by atoms with Crippen molar-refractivity contribution in [3.05, 3.63) is 52.5 Å². The summed E-state index contributed by atoms with van der Waals surface area (Å²) in [6.07, 6.45) is 1.99. The molecule has 3 amide bonds. The molecule has 4 rings (SSSR count). The summed E-state index contributed by atoms with van der Waals surface area (Å²) in [4.78, 5) is 41.0. The fraction of sp³-hybridized carbons (Fsp3) is 0.200. The van der Waals surface area contributed by atoms with E-state index in [9.17, 15) is 19.5 Å². The van der Waals surface area contributed by atoms with Crippen molar-refractivity contribution in [3.8, 4) is 0 Å².